The smallest absolute Gasteiger partial charge is 0.243 e. The van der Waals surface area contributed by atoms with Crippen LogP contribution in [0.3, 0.4) is 0 Å². The molecule has 0 spiro atoms. The fourth-order valence-electron chi connectivity index (χ4n) is 2.63. The third-order valence-corrected chi connectivity index (χ3v) is 5.56. The first kappa shape index (κ1) is 14.5. The zero-order valence-electron chi connectivity index (χ0n) is 11.7. The van der Waals surface area contributed by atoms with Gasteiger partial charge in [-0.3, -0.25) is 0 Å². The van der Waals surface area contributed by atoms with E-state index in [0.717, 1.165) is 17.5 Å². The molecule has 1 aromatic carbocycles. The second-order valence-corrected chi connectivity index (χ2v) is 7.42. The standard InChI is InChI=1S/C14H21NO3S/c1-4-7-14(16)9-15(10-14)19(17,18)13-6-5-11(2)8-12(13)3/h5-6,8,16H,4,7,9-10H2,1-3H3. The first-order valence-corrected chi connectivity index (χ1v) is 8.02. The van der Waals surface area contributed by atoms with Gasteiger partial charge in [0.1, 0.15) is 0 Å². The number of benzene rings is 1. The fourth-order valence-corrected chi connectivity index (χ4v) is 4.44. The third kappa shape index (κ3) is 2.68. The average Bonchev–Trinajstić information content (AvgIpc) is 2.25. The highest BCUT2D eigenvalue weighted by Gasteiger charge is 2.46. The summed E-state index contributed by atoms with van der Waals surface area (Å²) in [5, 5.41) is 10.1. The Labute approximate surface area is 115 Å². The molecule has 106 valence electrons. The lowest BCUT2D eigenvalue weighted by molar-refractivity contribution is -0.0653. The minimum absolute atomic E-state index is 0.205. The van der Waals surface area contributed by atoms with Crippen LogP contribution in [-0.4, -0.2) is 36.5 Å². The van der Waals surface area contributed by atoms with Crippen molar-refractivity contribution in [3.63, 3.8) is 0 Å². The van der Waals surface area contributed by atoms with Crippen LogP contribution in [0.5, 0.6) is 0 Å². The fraction of sp³-hybridized carbons (Fsp3) is 0.571. The van der Waals surface area contributed by atoms with Gasteiger partial charge in [-0.2, -0.15) is 4.31 Å². The van der Waals surface area contributed by atoms with Crippen molar-refractivity contribution in [3.8, 4) is 0 Å². The molecule has 1 aromatic rings. The summed E-state index contributed by atoms with van der Waals surface area (Å²) in [6.45, 7) is 6.14. The summed E-state index contributed by atoms with van der Waals surface area (Å²) in [6, 6.07) is 5.32. The SMILES string of the molecule is CCCC1(O)CN(S(=O)(=O)c2ccc(C)cc2C)C1. The number of β-amino-alcohol motifs (C(OH)–C–C–N with tert-alkyl or cyclic N) is 1. The lowest BCUT2D eigenvalue weighted by Crippen LogP contribution is -2.63. The average molecular weight is 283 g/mol. The van der Waals surface area contributed by atoms with Crippen molar-refractivity contribution < 1.29 is 13.5 Å². The van der Waals surface area contributed by atoms with Crippen LogP contribution in [0.1, 0.15) is 30.9 Å². The third-order valence-electron chi connectivity index (χ3n) is 3.60. The van der Waals surface area contributed by atoms with Crippen molar-refractivity contribution in [2.75, 3.05) is 13.1 Å². The molecule has 0 saturated carbocycles. The molecule has 1 heterocycles. The molecular weight excluding hydrogens is 262 g/mol. The number of hydrogen-bond donors (Lipinski definition) is 1. The molecule has 1 aliphatic rings. The maximum Gasteiger partial charge on any atom is 0.243 e. The van der Waals surface area contributed by atoms with E-state index in [-0.39, 0.29) is 13.1 Å². The van der Waals surface area contributed by atoms with Crippen LogP contribution in [0.15, 0.2) is 23.1 Å². The Bertz CT molecular complexity index is 574. The largest absolute Gasteiger partial charge is 0.387 e. The van der Waals surface area contributed by atoms with Crippen molar-refractivity contribution in [2.45, 2.75) is 44.1 Å². The van der Waals surface area contributed by atoms with E-state index in [1.807, 2.05) is 19.9 Å². The molecule has 1 aliphatic heterocycles. The second-order valence-electron chi connectivity index (χ2n) is 5.52. The number of aryl methyl sites for hydroxylation is 2. The Morgan fingerprint density at radius 1 is 1.32 bits per heavy atom. The van der Waals surface area contributed by atoms with Gasteiger partial charge in [-0.05, 0) is 31.9 Å². The van der Waals surface area contributed by atoms with Crippen LogP contribution in [0.25, 0.3) is 0 Å². The van der Waals surface area contributed by atoms with Gasteiger partial charge in [0, 0.05) is 13.1 Å². The second kappa shape index (κ2) is 4.89. The van der Waals surface area contributed by atoms with E-state index in [9.17, 15) is 13.5 Å². The lowest BCUT2D eigenvalue weighted by Gasteiger charge is -2.45. The van der Waals surface area contributed by atoms with Crippen molar-refractivity contribution in [1.82, 2.24) is 4.31 Å². The van der Waals surface area contributed by atoms with Gasteiger partial charge in [-0.1, -0.05) is 31.0 Å². The lowest BCUT2D eigenvalue weighted by atomic mass is 9.92. The van der Waals surface area contributed by atoms with Crippen LogP contribution in [0, 0.1) is 13.8 Å². The van der Waals surface area contributed by atoms with E-state index in [1.165, 1.54) is 4.31 Å². The van der Waals surface area contributed by atoms with Crippen LogP contribution in [0.4, 0.5) is 0 Å². The summed E-state index contributed by atoms with van der Waals surface area (Å²) in [4.78, 5) is 0.344. The summed E-state index contributed by atoms with van der Waals surface area (Å²) in [6.07, 6.45) is 1.50. The summed E-state index contributed by atoms with van der Waals surface area (Å²) in [5.41, 5.74) is 0.967. The van der Waals surface area contributed by atoms with Crippen molar-refractivity contribution in [3.05, 3.63) is 29.3 Å². The van der Waals surface area contributed by atoms with Gasteiger partial charge in [0.2, 0.25) is 10.0 Å². The monoisotopic (exact) mass is 283 g/mol. The molecule has 1 N–H and O–H groups in total. The van der Waals surface area contributed by atoms with E-state index >= 15 is 0 Å². The van der Waals surface area contributed by atoms with Gasteiger partial charge in [-0.25, -0.2) is 8.42 Å². The van der Waals surface area contributed by atoms with E-state index in [2.05, 4.69) is 0 Å². The molecule has 0 radical (unpaired) electrons. The van der Waals surface area contributed by atoms with Gasteiger partial charge in [0.05, 0.1) is 10.5 Å². The van der Waals surface area contributed by atoms with Gasteiger partial charge in [0.25, 0.3) is 0 Å². The summed E-state index contributed by atoms with van der Waals surface area (Å²) < 4.78 is 26.3. The molecule has 0 aromatic heterocycles. The highest BCUT2D eigenvalue weighted by atomic mass is 32.2. The predicted molar refractivity (Wildman–Crippen MR) is 74.5 cm³/mol. The number of hydrogen-bond acceptors (Lipinski definition) is 3. The molecule has 0 unspecified atom stereocenters. The molecule has 0 amide bonds. The zero-order chi connectivity index (χ0) is 14.3. The molecule has 4 nitrogen and oxygen atoms in total. The van der Waals surface area contributed by atoms with E-state index in [4.69, 9.17) is 0 Å². The molecule has 0 atom stereocenters. The number of rotatable bonds is 4. The highest BCUT2D eigenvalue weighted by molar-refractivity contribution is 7.89. The Balaban J connectivity index is 2.21. The van der Waals surface area contributed by atoms with Crippen LogP contribution in [-0.2, 0) is 10.0 Å². The summed E-state index contributed by atoms with van der Waals surface area (Å²) in [7, 11) is -3.47. The molecule has 1 saturated heterocycles. The van der Waals surface area contributed by atoms with E-state index < -0.39 is 15.6 Å². The van der Waals surface area contributed by atoms with Gasteiger partial charge in [-0.15, -0.1) is 0 Å². The number of sulfonamides is 1. The molecule has 19 heavy (non-hydrogen) atoms. The summed E-state index contributed by atoms with van der Waals surface area (Å²) in [5.74, 6) is 0. The van der Waals surface area contributed by atoms with Crippen molar-refractivity contribution in [1.29, 1.82) is 0 Å². The van der Waals surface area contributed by atoms with E-state index in [1.54, 1.807) is 19.1 Å². The predicted octanol–water partition coefficient (Wildman–Crippen LogP) is 1.84. The molecule has 5 heteroatoms. The Morgan fingerprint density at radius 2 is 1.95 bits per heavy atom. The molecule has 0 aliphatic carbocycles. The topological polar surface area (TPSA) is 57.6 Å². The Hall–Kier alpha value is -0.910. The van der Waals surface area contributed by atoms with Crippen LogP contribution < -0.4 is 0 Å². The van der Waals surface area contributed by atoms with Crippen molar-refractivity contribution >= 4 is 10.0 Å². The number of nitrogens with zero attached hydrogens (tertiary/aromatic N) is 1. The Kier molecular flexibility index (Phi) is 3.73. The first-order valence-electron chi connectivity index (χ1n) is 6.58. The molecular formula is C14H21NO3S. The van der Waals surface area contributed by atoms with Crippen molar-refractivity contribution in [2.24, 2.45) is 0 Å². The highest BCUT2D eigenvalue weighted by Crippen LogP contribution is 2.32. The van der Waals surface area contributed by atoms with Gasteiger partial charge in [0.15, 0.2) is 0 Å². The van der Waals surface area contributed by atoms with Gasteiger partial charge < -0.3 is 5.11 Å². The quantitative estimate of drug-likeness (QED) is 0.917. The minimum atomic E-state index is -3.47. The maximum atomic E-state index is 12.5. The Morgan fingerprint density at radius 3 is 2.47 bits per heavy atom. The van der Waals surface area contributed by atoms with Gasteiger partial charge >= 0.3 is 0 Å². The maximum absolute atomic E-state index is 12.5. The normalized spacial score (nSPS) is 19.2. The molecule has 1 fully saturated rings. The number of aliphatic hydroxyl groups is 1. The van der Waals surface area contributed by atoms with E-state index in [0.29, 0.717) is 11.3 Å². The zero-order valence-corrected chi connectivity index (χ0v) is 12.5. The van der Waals surface area contributed by atoms with Crippen LogP contribution in [0.2, 0.25) is 0 Å². The minimum Gasteiger partial charge on any atom is -0.387 e. The summed E-state index contributed by atoms with van der Waals surface area (Å²) >= 11 is 0. The van der Waals surface area contributed by atoms with Crippen LogP contribution >= 0.6 is 0 Å². The first-order chi connectivity index (χ1) is 8.78. The molecule has 0 bridgehead atoms. The molecule has 2 rings (SSSR count).